The van der Waals surface area contributed by atoms with Gasteiger partial charge in [-0.2, -0.15) is 0 Å². The fraction of sp³-hybridized carbons (Fsp3) is 0.375. The second-order valence-electron chi connectivity index (χ2n) is 5.33. The molecule has 1 heterocycles. The van der Waals surface area contributed by atoms with Gasteiger partial charge in [0.15, 0.2) is 0 Å². The van der Waals surface area contributed by atoms with Gasteiger partial charge >= 0.3 is 0 Å². The average molecular weight is 285 g/mol. The van der Waals surface area contributed by atoms with Crippen molar-refractivity contribution in [1.29, 1.82) is 0 Å². The molecule has 0 radical (unpaired) electrons. The van der Waals surface area contributed by atoms with Gasteiger partial charge in [-0.15, -0.1) is 0 Å². The minimum atomic E-state index is -0.109. The number of H-pyrrole nitrogens is 1. The summed E-state index contributed by atoms with van der Waals surface area (Å²) in [6.45, 7) is 0.646. The maximum atomic E-state index is 11.8. The van der Waals surface area contributed by atoms with E-state index in [-0.39, 0.29) is 5.56 Å². The van der Waals surface area contributed by atoms with Gasteiger partial charge in [-0.05, 0) is 18.9 Å². The summed E-state index contributed by atoms with van der Waals surface area (Å²) in [4.78, 5) is 19.1. The number of aromatic nitrogens is 2. The molecule has 1 aliphatic carbocycles. The summed E-state index contributed by atoms with van der Waals surface area (Å²) < 4.78 is 5.33. The third kappa shape index (κ3) is 3.70. The van der Waals surface area contributed by atoms with Gasteiger partial charge in [0.25, 0.3) is 5.56 Å². The molecule has 0 bridgehead atoms. The van der Waals surface area contributed by atoms with E-state index in [0.29, 0.717) is 24.8 Å². The standard InChI is InChI=1S/C16H19N3O2/c1-21-14-5-3-2-4-11(14)8-15-18-13(9-16(20)19-15)10-17-12-6-7-12/h2-5,9,12,17H,6-8,10H2,1H3,(H,18,19,20). The lowest BCUT2D eigenvalue weighted by Crippen LogP contribution is -2.20. The van der Waals surface area contributed by atoms with Gasteiger partial charge in [0.05, 0.1) is 12.8 Å². The summed E-state index contributed by atoms with van der Waals surface area (Å²) in [6, 6.07) is 9.92. The lowest BCUT2D eigenvalue weighted by atomic mass is 10.1. The molecular formula is C16H19N3O2. The highest BCUT2D eigenvalue weighted by atomic mass is 16.5. The topological polar surface area (TPSA) is 67.0 Å². The van der Waals surface area contributed by atoms with Gasteiger partial charge in [0.2, 0.25) is 0 Å². The highest BCUT2D eigenvalue weighted by Gasteiger charge is 2.20. The maximum absolute atomic E-state index is 11.8. The van der Waals surface area contributed by atoms with Crippen molar-refractivity contribution >= 4 is 0 Å². The number of hydrogen-bond donors (Lipinski definition) is 2. The summed E-state index contributed by atoms with van der Waals surface area (Å²) in [6.07, 6.45) is 2.99. The van der Waals surface area contributed by atoms with Crippen LogP contribution in [0.15, 0.2) is 35.1 Å². The van der Waals surface area contributed by atoms with Crippen LogP contribution in [0.4, 0.5) is 0 Å². The number of hydrogen-bond acceptors (Lipinski definition) is 4. The molecule has 0 atom stereocenters. The predicted molar refractivity (Wildman–Crippen MR) is 80.5 cm³/mol. The average Bonchev–Trinajstić information content (AvgIpc) is 3.29. The first kappa shape index (κ1) is 13.8. The van der Waals surface area contributed by atoms with E-state index in [9.17, 15) is 4.79 Å². The lowest BCUT2D eigenvalue weighted by molar-refractivity contribution is 0.410. The Kier molecular flexibility index (Phi) is 4.01. The zero-order valence-electron chi connectivity index (χ0n) is 12.1. The Hall–Kier alpha value is -2.14. The molecule has 1 aliphatic rings. The molecule has 3 rings (SSSR count). The van der Waals surface area contributed by atoms with Gasteiger partial charge in [-0.25, -0.2) is 4.98 Å². The van der Waals surface area contributed by atoms with Gasteiger partial charge in [-0.3, -0.25) is 4.79 Å². The molecule has 0 aliphatic heterocycles. The second kappa shape index (κ2) is 6.10. The van der Waals surface area contributed by atoms with Crippen LogP contribution < -0.4 is 15.6 Å². The maximum Gasteiger partial charge on any atom is 0.251 e. The summed E-state index contributed by atoms with van der Waals surface area (Å²) in [5.41, 5.74) is 1.69. The number of para-hydroxylation sites is 1. The van der Waals surface area contributed by atoms with E-state index in [4.69, 9.17) is 4.74 Å². The largest absolute Gasteiger partial charge is 0.496 e. The summed E-state index contributed by atoms with van der Waals surface area (Å²) in [7, 11) is 1.64. The molecule has 1 aromatic heterocycles. The number of methoxy groups -OCH3 is 1. The van der Waals surface area contributed by atoms with E-state index in [2.05, 4.69) is 15.3 Å². The molecule has 2 aromatic rings. The molecule has 2 N–H and O–H groups in total. The van der Waals surface area contributed by atoms with E-state index in [1.807, 2.05) is 24.3 Å². The molecule has 1 aromatic carbocycles. The van der Waals surface area contributed by atoms with Gasteiger partial charge in [0.1, 0.15) is 11.6 Å². The summed E-state index contributed by atoms with van der Waals surface area (Å²) in [5, 5.41) is 3.37. The van der Waals surface area contributed by atoms with Crippen LogP contribution in [0.3, 0.4) is 0 Å². The molecule has 5 nitrogen and oxygen atoms in total. The quantitative estimate of drug-likeness (QED) is 0.846. The number of nitrogens with zero attached hydrogens (tertiary/aromatic N) is 1. The van der Waals surface area contributed by atoms with Gasteiger partial charge in [0, 0.05) is 30.6 Å². The van der Waals surface area contributed by atoms with Crippen molar-refractivity contribution in [3.8, 4) is 5.75 Å². The third-order valence-electron chi connectivity index (χ3n) is 3.54. The molecule has 0 saturated heterocycles. The van der Waals surface area contributed by atoms with Crippen LogP contribution in [-0.2, 0) is 13.0 Å². The normalized spacial score (nSPS) is 14.1. The van der Waals surface area contributed by atoms with E-state index in [1.165, 1.54) is 12.8 Å². The first-order valence-corrected chi connectivity index (χ1v) is 7.19. The minimum Gasteiger partial charge on any atom is -0.496 e. The molecule has 0 unspecified atom stereocenters. The van der Waals surface area contributed by atoms with Crippen molar-refractivity contribution < 1.29 is 4.74 Å². The van der Waals surface area contributed by atoms with Crippen molar-refractivity contribution in [3.63, 3.8) is 0 Å². The Morgan fingerprint density at radius 1 is 1.38 bits per heavy atom. The van der Waals surface area contributed by atoms with Crippen LogP contribution in [0.25, 0.3) is 0 Å². The zero-order valence-corrected chi connectivity index (χ0v) is 12.1. The molecule has 0 spiro atoms. The van der Waals surface area contributed by atoms with Crippen molar-refractivity contribution in [3.05, 3.63) is 57.8 Å². The molecule has 110 valence electrons. The van der Waals surface area contributed by atoms with Crippen molar-refractivity contribution in [2.75, 3.05) is 7.11 Å². The second-order valence-corrected chi connectivity index (χ2v) is 5.33. The van der Waals surface area contributed by atoms with Crippen molar-refractivity contribution in [1.82, 2.24) is 15.3 Å². The Morgan fingerprint density at radius 2 is 2.19 bits per heavy atom. The molecule has 1 saturated carbocycles. The number of ether oxygens (including phenoxy) is 1. The smallest absolute Gasteiger partial charge is 0.251 e. The van der Waals surface area contributed by atoms with Crippen molar-refractivity contribution in [2.45, 2.75) is 31.8 Å². The fourth-order valence-corrected chi connectivity index (χ4v) is 2.30. The third-order valence-corrected chi connectivity index (χ3v) is 3.54. The van der Waals surface area contributed by atoms with Crippen LogP contribution in [-0.4, -0.2) is 23.1 Å². The Bertz CT molecular complexity index is 677. The Balaban J connectivity index is 1.79. The number of aromatic amines is 1. The van der Waals surface area contributed by atoms with Crippen molar-refractivity contribution in [2.24, 2.45) is 0 Å². The molecular weight excluding hydrogens is 266 g/mol. The van der Waals surface area contributed by atoms with Crippen LogP contribution >= 0.6 is 0 Å². The van der Waals surface area contributed by atoms with E-state index in [0.717, 1.165) is 17.0 Å². The number of benzene rings is 1. The lowest BCUT2D eigenvalue weighted by Gasteiger charge is -2.09. The van der Waals surface area contributed by atoms with E-state index in [1.54, 1.807) is 13.2 Å². The molecule has 21 heavy (non-hydrogen) atoms. The van der Waals surface area contributed by atoms with Crippen LogP contribution in [0.1, 0.15) is 29.9 Å². The highest BCUT2D eigenvalue weighted by Crippen LogP contribution is 2.20. The highest BCUT2D eigenvalue weighted by molar-refractivity contribution is 5.35. The number of rotatable bonds is 6. The monoisotopic (exact) mass is 285 g/mol. The predicted octanol–water partition coefficient (Wildman–Crippen LogP) is 1.62. The zero-order chi connectivity index (χ0) is 14.7. The van der Waals surface area contributed by atoms with E-state index >= 15 is 0 Å². The van der Waals surface area contributed by atoms with Crippen LogP contribution in [0.5, 0.6) is 5.75 Å². The SMILES string of the molecule is COc1ccccc1Cc1nc(CNC2CC2)cc(=O)[nH]1. The summed E-state index contributed by atoms with van der Waals surface area (Å²) in [5.74, 6) is 1.47. The number of nitrogens with one attached hydrogen (secondary N) is 2. The van der Waals surface area contributed by atoms with Gasteiger partial charge < -0.3 is 15.0 Å². The Morgan fingerprint density at radius 3 is 2.95 bits per heavy atom. The summed E-state index contributed by atoms with van der Waals surface area (Å²) >= 11 is 0. The first-order valence-electron chi connectivity index (χ1n) is 7.19. The van der Waals surface area contributed by atoms with Crippen LogP contribution in [0.2, 0.25) is 0 Å². The van der Waals surface area contributed by atoms with Crippen LogP contribution in [0, 0.1) is 0 Å². The Labute approximate surface area is 123 Å². The molecule has 0 amide bonds. The van der Waals surface area contributed by atoms with E-state index < -0.39 is 0 Å². The van der Waals surface area contributed by atoms with Gasteiger partial charge in [-0.1, -0.05) is 18.2 Å². The first-order chi connectivity index (χ1) is 10.2. The fourth-order valence-electron chi connectivity index (χ4n) is 2.30. The molecule has 1 fully saturated rings. The minimum absolute atomic E-state index is 0.109. The molecule has 5 heteroatoms.